The van der Waals surface area contributed by atoms with E-state index in [4.69, 9.17) is 0 Å². The van der Waals surface area contributed by atoms with E-state index in [0.29, 0.717) is 12.1 Å². The highest BCUT2D eigenvalue weighted by molar-refractivity contribution is 7.15. The van der Waals surface area contributed by atoms with Crippen LogP contribution in [-0.4, -0.2) is 46.1 Å². The molecular weight excluding hydrogens is 322 g/mol. The number of thiazole rings is 1. The standard InChI is InChI=1S/C18H23N3O2S/c1-11-8-21(9-12(2)19-11)10-14-4-6-15(7-5-14)17-16(18(22)23)20-13(3)24-17/h4-7,11-12,19H,8-10H2,1-3H3,(H,22,23)/t11-,12+. The lowest BCUT2D eigenvalue weighted by molar-refractivity contribution is 0.0692. The van der Waals surface area contributed by atoms with Gasteiger partial charge in [0.25, 0.3) is 0 Å². The van der Waals surface area contributed by atoms with Crippen molar-refractivity contribution in [2.45, 2.75) is 39.4 Å². The van der Waals surface area contributed by atoms with E-state index in [9.17, 15) is 9.90 Å². The summed E-state index contributed by atoms with van der Waals surface area (Å²) in [6, 6.07) is 9.20. The van der Waals surface area contributed by atoms with Gasteiger partial charge in [0.15, 0.2) is 5.69 Å². The highest BCUT2D eigenvalue weighted by atomic mass is 32.1. The molecule has 0 radical (unpaired) electrons. The fraction of sp³-hybridized carbons (Fsp3) is 0.444. The zero-order chi connectivity index (χ0) is 17.3. The maximum Gasteiger partial charge on any atom is 0.356 e. The van der Waals surface area contributed by atoms with Crippen LogP contribution in [0, 0.1) is 6.92 Å². The van der Waals surface area contributed by atoms with E-state index < -0.39 is 5.97 Å². The van der Waals surface area contributed by atoms with Gasteiger partial charge in [-0.15, -0.1) is 11.3 Å². The topological polar surface area (TPSA) is 65.5 Å². The van der Waals surface area contributed by atoms with Gasteiger partial charge in [0.1, 0.15) is 0 Å². The predicted molar refractivity (Wildman–Crippen MR) is 96.6 cm³/mol. The third kappa shape index (κ3) is 3.83. The molecule has 2 atom stereocenters. The SMILES string of the molecule is Cc1nc(C(=O)O)c(-c2ccc(CN3C[C@@H](C)N[C@@H](C)C3)cc2)s1. The third-order valence-electron chi connectivity index (χ3n) is 4.19. The van der Waals surface area contributed by atoms with E-state index in [0.717, 1.165) is 35.1 Å². The second kappa shape index (κ2) is 7.01. The summed E-state index contributed by atoms with van der Waals surface area (Å²) >= 11 is 1.43. The summed E-state index contributed by atoms with van der Waals surface area (Å²) in [5, 5.41) is 13.6. The Labute approximate surface area is 146 Å². The van der Waals surface area contributed by atoms with Crippen LogP contribution >= 0.6 is 11.3 Å². The van der Waals surface area contributed by atoms with Crippen molar-refractivity contribution in [2.24, 2.45) is 0 Å². The average Bonchev–Trinajstić information content (AvgIpc) is 2.89. The van der Waals surface area contributed by atoms with Crippen LogP contribution in [0.25, 0.3) is 10.4 Å². The number of carboxylic acids is 1. The molecule has 1 aromatic carbocycles. The van der Waals surface area contributed by atoms with Crippen LogP contribution in [0.1, 0.15) is 34.9 Å². The number of hydrogen-bond donors (Lipinski definition) is 2. The molecule has 2 N–H and O–H groups in total. The van der Waals surface area contributed by atoms with Crippen molar-refractivity contribution in [3.63, 3.8) is 0 Å². The molecule has 1 aliphatic rings. The van der Waals surface area contributed by atoms with Gasteiger partial charge in [0.2, 0.25) is 0 Å². The average molecular weight is 345 g/mol. The van der Waals surface area contributed by atoms with Crippen LogP contribution in [0.5, 0.6) is 0 Å². The number of aromatic nitrogens is 1. The Balaban J connectivity index is 1.75. The molecule has 0 aliphatic carbocycles. The molecule has 0 unspecified atom stereocenters. The highest BCUT2D eigenvalue weighted by Crippen LogP contribution is 2.30. The van der Waals surface area contributed by atoms with Gasteiger partial charge in [-0.05, 0) is 31.9 Å². The van der Waals surface area contributed by atoms with Gasteiger partial charge in [-0.1, -0.05) is 24.3 Å². The van der Waals surface area contributed by atoms with E-state index in [1.54, 1.807) is 0 Å². The molecule has 6 heteroatoms. The molecule has 2 aromatic rings. The van der Waals surface area contributed by atoms with E-state index in [1.807, 2.05) is 19.1 Å². The molecule has 3 rings (SSSR count). The highest BCUT2D eigenvalue weighted by Gasteiger charge is 2.21. The maximum absolute atomic E-state index is 11.3. The lowest BCUT2D eigenvalue weighted by atomic mass is 10.1. The first-order valence-corrected chi connectivity index (χ1v) is 9.02. The van der Waals surface area contributed by atoms with Crippen molar-refractivity contribution in [2.75, 3.05) is 13.1 Å². The van der Waals surface area contributed by atoms with Crippen molar-refractivity contribution in [3.8, 4) is 10.4 Å². The Bertz CT molecular complexity index is 716. The van der Waals surface area contributed by atoms with Crippen molar-refractivity contribution in [3.05, 3.63) is 40.5 Å². The number of carboxylic acid groups (broad SMARTS) is 1. The van der Waals surface area contributed by atoms with Crippen molar-refractivity contribution in [1.82, 2.24) is 15.2 Å². The molecule has 128 valence electrons. The maximum atomic E-state index is 11.3. The fourth-order valence-corrected chi connectivity index (χ4v) is 4.27. The quantitative estimate of drug-likeness (QED) is 0.892. The molecule has 0 saturated carbocycles. The first-order chi connectivity index (χ1) is 11.4. The number of aryl methyl sites for hydroxylation is 1. The smallest absolute Gasteiger partial charge is 0.356 e. The Morgan fingerprint density at radius 3 is 2.50 bits per heavy atom. The number of rotatable bonds is 4. The van der Waals surface area contributed by atoms with Crippen molar-refractivity contribution in [1.29, 1.82) is 0 Å². The predicted octanol–water partition coefficient (Wildman–Crippen LogP) is 3.00. The molecule has 1 fully saturated rings. The number of hydrogen-bond acceptors (Lipinski definition) is 5. The number of benzene rings is 1. The normalized spacial score (nSPS) is 21.8. The van der Waals surface area contributed by atoms with Gasteiger partial charge in [0, 0.05) is 31.7 Å². The van der Waals surface area contributed by atoms with Crippen LogP contribution in [0.2, 0.25) is 0 Å². The van der Waals surface area contributed by atoms with Gasteiger partial charge in [-0.25, -0.2) is 9.78 Å². The Kier molecular flexibility index (Phi) is 4.99. The van der Waals surface area contributed by atoms with E-state index in [2.05, 4.69) is 41.2 Å². The minimum Gasteiger partial charge on any atom is -0.476 e. The molecule has 0 spiro atoms. The van der Waals surface area contributed by atoms with Crippen molar-refractivity contribution >= 4 is 17.3 Å². The summed E-state index contributed by atoms with van der Waals surface area (Å²) in [7, 11) is 0. The molecule has 0 bridgehead atoms. The molecule has 1 aromatic heterocycles. The second-order valence-corrected chi connectivity index (χ2v) is 7.78. The Morgan fingerprint density at radius 2 is 1.92 bits per heavy atom. The zero-order valence-electron chi connectivity index (χ0n) is 14.2. The summed E-state index contributed by atoms with van der Waals surface area (Å²) in [6.07, 6.45) is 0. The van der Waals surface area contributed by atoms with Crippen LogP contribution in [-0.2, 0) is 6.54 Å². The molecule has 5 nitrogen and oxygen atoms in total. The molecule has 1 aliphatic heterocycles. The Morgan fingerprint density at radius 1 is 1.29 bits per heavy atom. The Hall–Kier alpha value is -1.76. The monoisotopic (exact) mass is 345 g/mol. The van der Waals surface area contributed by atoms with E-state index in [-0.39, 0.29) is 5.69 Å². The fourth-order valence-electron chi connectivity index (χ4n) is 3.36. The van der Waals surface area contributed by atoms with E-state index in [1.165, 1.54) is 16.9 Å². The minimum absolute atomic E-state index is 0.148. The summed E-state index contributed by atoms with van der Waals surface area (Å²) in [5.74, 6) is -0.970. The molecule has 2 heterocycles. The lowest BCUT2D eigenvalue weighted by Gasteiger charge is -2.36. The van der Waals surface area contributed by atoms with Crippen LogP contribution in [0.15, 0.2) is 24.3 Å². The van der Waals surface area contributed by atoms with Crippen LogP contribution in [0.3, 0.4) is 0 Å². The summed E-state index contributed by atoms with van der Waals surface area (Å²) in [4.78, 5) is 18.6. The number of piperazine rings is 1. The van der Waals surface area contributed by atoms with Crippen LogP contribution in [0.4, 0.5) is 0 Å². The van der Waals surface area contributed by atoms with Gasteiger partial charge >= 0.3 is 5.97 Å². The largest absolute Gasteiger partial charge is 0.476 e. The number of nitrogens with zero attached hydrogens (tertiary/aromatic N) is 2. The number of nitrogens with one attached hydrogen (secondary N) is 1. The minimum atomic E-state index is -0.970. The first kappa shape index (κ1) is 17.1. The molecular formula is C18H23N3O2S. The molecule has 1 saturated heterocycles. The molecule has 0 amide bonds. The number of aromatic carboxylic acids is 1. The van der Waals surface area contributed by atoms with Gasteiger partial charge < -0.3 is 10.4 Å². The zero-order valence-corrected chi connectivity index (χ0v) is 15.1. The van der Waals surface area contributed by atoms with E-state index >= 15 is 0 Å². The summed E-state index contributed by atoms with van der Waals surface area (Å²) in [6.45, 7) is 9.27. The van der Waals surface area contributed by atoms with Gasteiger partial charge in [0.05, 0.1) is 9.88 Å². The van der Waals surface area contributed by atoms with Crippen molar-refractivity contribution < 1.29 is 9.90 Å². The second-order valence-electron chi connectivity index (χ2n) is 6.58. The number of carbonyl (C=O) groups is 1. The first-order valence-electron chi connectivity index (χ1n) is 8.21. The van der Waals surface area contributed by atoms with Gasteiger partial charge in [-0.2, -0.15) is 0 Å². The molecule has 24 heavy (non-hydrogen) atoms. The third-order valence-corrected chi connectivity index (χ3v) is 5.21. The van der Waals surface area contributed by atoms with Crippen LogP contribution < -0.4 is 5.32 Å². The summed E-state index contributed by atoms with van der Waals surface area (Å²) < 4.78 is 0. The lowest BCUT2D eigenvalue weighted by Crippen LogP contribution is -2.53. The summed E-state index contributed by atoms with van der Waals surface area (Å²) in [5.41, 5.74) is 2.32. The van der Waals surface area contributed by atoms with Gasteiger partial charge in [-0.3, -0.25) is 4.90 Å².